The molecule has 1 amide bonds. The number of primary amides is 1. The predicted octanol–water partition coefficient (Wildman–Crippen LogP) is 2.61. The highest BCUT2D eigenvalue weighted by molar-refractivity contribution is 7.09. The van der Waals surface area contributed by atoms with E-state index in [-0.39, 0.29) is 0 Å². The smallest absolute Gasteiger partial charge is 0.249 e. The van der Waals surface area contributed by atoms with Crippen LogP contribution in [0.5, 0.6) is 0 Å². The third-order valence-electron chi connectivity index (χ3n) is 2.59. The molecule has 0 saturated heterocycles. The number of nitrogens with two attached hydrogens (primary N) is 1. The van der Waals surface area contributed by atoms with Gasteiger partial charge < -0.3 is 11.1 Å². The van der Waals surface area contributed by atoms with Crippen molar-refractivity contribution in [2.45, 2.75) is 12.5 Å². The van der Waals surface area contributed by atoms with Crippen LogP contribution in [0.2, 0.25) is 5.02 Å². The van der Waals surface area contributed by atoms with Gasteiger partial charge in [0, 0.05) is 22.3 Å². The van der Waals surface area contributed by atoms with Gasteiger partial charge in [-0.05, 0) is 31.2 Å². The van der Waals surface area contributed by atoms with E-state index in [1.807, 2.05) is 0 Å². The second-order valence-electron chi connectivity index (χ2n) is 3.96. The Morgan fingerprint density at radius 3 is 2.61 bits per heavy atom. The fraction of sp³-hybridized carbons (Fsp3) is 0.167. The summed E-state index contributed by atoms with van der Waals surface area (Å²) in [5, 5.41) is 6.17. The minimum Gasteiger partial charge on any atom is -0.367 e. The van der Waals surface area contributed by atoms with Crippen molar-refractivity contribution in [2.75, 3.05) is 5.32 Å². The van der Waals surface area contributed by atoms with E-state index in [2.05, 4.69) is 10.3 Å². The Bertz CT molecular complexity index is 541. The minimum absolute atomic E-state index is 0.479. The Morgan fingerprint density at radius 1 is 1.44 bits per heavy atom. The molecule has 18 heavy (non-hydrogen) atoms. The molecule has 3 N–H and O–H groups in total. The number of hydrogen-bond donors (Lipinski definition) is 2. The highest BCUT2D eigenvalue weighted by Crippen LogP contribution is 2.28. The number of nitrogens with one attached hydrogen (secondary N) is 1. The van der Waals surface area contributed by atoms with E-state index in [1.165, 1.54) is 11.3 Å². The van der Waals surface area contributed by atoms with E-state index in [1.54, 1.807) is 42.8 Å². The molecular weight excluding hydrogens is 270 g/mol. The quantitative estimate of drug-likeness (QED) is 0.905. The molecular formula is C12H12ClN3OS. The molecule has 0 aliphatic heterocycles. The molecule has 1 atom stereocenters. The van der Waals surface area contributed by atoms with Crippen LogP contribution in [0, 0.1) is 0 Å². The molecule has 0 fully saturated rings. The number of benzene rings is 1. The normalized spacial score (nSPS) is 13.9. The number of amides is 1. The number of halogens is 1. The van der Waals surface area contributed by atoms with Crippen LogP contribution in [0.15, 0.2) is 35.8 Å². The van der Waals surface area contributed by atoms with E-state index in [9.17, 15) is 4.79 Å². The van der Waals surface area contributed by atoms with Gasteiger partial charge >= 0.3 is 0 Å². The Kier molecular flexibility index (Phi) is 3.54. The van der Waals surface area contributed by atoms with Crippen LogP contribution in [0.1, 0.15) is 11.9 Å². The van der Waals surface area contributed by atoms with Gasteiger partial charge in [-0.25, -0.2) is 4.98 Å². The molecule has 0 radical (unpaired) electrons. The fourth-order valence-corrected chi connectivity index (χ4v) is 2.40. The number of carbonyl (C=O) groups is 1. The van der Waals surface area contributed by atoms with Gasteiger partial charge in [0.15, 0.2) is 5.54 Å². The summed E-state index contributed by atoms with van der Waals surface area (Å²) in [5.74, 6) is -0.479. The monoisotopic (exact) mass is 281 g/mol. The van der Waals surface area contributed by atoms with Crippen molar-refractivity contribution in [1.29, 1.82) is 0 Å². The van der Waals surface area contributed by atoms with E-state index < -0.39 is 11.4 Å². The van der Waals surface area contributed by atoms with E-state index in [4.69, 9.17) is 17.3 Å². The molecule has 1 aromatic heterocycles. The molecule has 2 aromatic rings. The lowest BCUT2D eigenvalue weighted by Gasteiger charge is -2.26. The maximum atomic E-state index is 11.7. The molecule has 0 aliphatic rings. The molecule has 1 unspecified atom stereocenters. The van der Waals surface area contributed by atoms with Crippen molar-refractivity contribution in [3.63, 3.8) is 0 Å². The van der Waals surface area contributed by atoms with Crippen LogP contribution in [0.3, 0.4) is 0 Å². The molecule has 0 aliphatic carbocycles. The molecule has 0 saturated carbocycles. The van der Waals surface area contributed by atoms with Crippen molar-refractivity contribution in [3.8, 4) is 0 Å². The first-order valence-corrected chi connectivity index (χ1v) is 6.52. The zero-order valence-corrected chi connectivity index (χ0v) is 11.3. The van der Waals surface area contributed by atoms with Crippen molar-refractivity contribution in [3.05, 3.63) is 45.9 Å². The molecule has 4 nitrogen and oxygen atoms in total. The Balaban J connectivity index is 2.32. The highest BCUT2D eigenvalue weighted by atomic mass is 35.5. The van der Waals surface area contributed by atoms with Crippen molar-refractivity contribution < 1.29 is 4.79 Å². The molecule has 1 aromatic carbocycles. The maximum absolute atomic E-state index is 11.7. The third kappa shape index (κ3) is 2.47. The van der Waals surface area contributed by atoms with Gasteiger partial charge in [0.05, 0.1) is 0 Å². The average molecular weight is 282 g/mol. The zero-order valence-electron chi connectivity index (χ0n) is 9.68. The van der Waals surface area contributed by atoms with Crippen molar-refractivity contribution in [2.24, 2.45) is 5.73 Å². The largest absolute Gasteiger partial charge is 0.367 e. The van der Waals surface area contributed by atoms with Crippen LogP contribution in [-0.2, 0) is 10.3 Å². The zero-order chi connectivity index (χ0) is 13.2. The highest BCUT2D eigenvalue weighted by Gasteiger charge is 2.35. The van der Waals surface area contributed by atoms with Gasteiger partial charge in [0.25, 0.3) is 0 Å². The second kappa shape index (κ2) is 4.96. The SMILES string of the molecule is CC(Nc1ccc(Cl)cc1)(C(N)=O)c1nccs1. The summed E-state index contributed by atoms with van der Waals surface area (Å²) in [6, 6.07) is 7.06. The molecule has 0 spiro atoms. The first-order chi connectivity index (χ1) is 8.52. The summed E-state index contributed by atoms with van der Waals surface area (Å²) in [6.45, 7) is 1.71. The van der Waals surface area contributed by atoms with Gasteiger partial charge in [-0.15, -0.1) is 11.3 Å². The molecule has 0 bridgehead atoms. The number of aromatic nitrogens is 1. The number of rotatable bonds is 4. The first-order valence-electron chi connectivity index (χ1n) is 5.26. The topological polar surface area (TPSA) is 68.0 Å². The first kappa shape index (κ1) is 12.9. The van der Waals surface area contributed by atoms with E-state index in [0.717, 1.165) is 5.69 Å². The van der Waals surface area contributed by atoms with Crippen LogP contribution in [0.4, 0.5) is 5.69 Å². The van der Waals surface area contributed by atoms with Crippen LogP contribution in [0.25, 0.3) is 0 Å². The lowest BCUT2D eigenvalue weighted by Crippen LogP contribution is -2.45. The number of anilines is 1. The summed E-state index contributed by atoms with van der Waals surface area (Å²) in [7, 11) is 0. The number of hydrogen-bond acceptors (Lipinski definition) is 4. The summed E-state index contributed by atoms with van der Waals surface area (Å²) in [6.07, 6.45) is 1.64. The van der Waals surface area contributed by atoms with E-state index >= 15 is 0 Å². The van der Waals surface area contributed by atoms with Gasteiger partial charge in [-0.1, -0.05) is 11.6 Å². The van der Waals surface area contributed by atoms with Crippen LogP contribution in [-0.4, -0.2) is 10.9 Å². The number of carbonyl (C=O) groups excluding carboxylic acids is 1. The van der Waals surface area contributed by atoms with E-state index in [0.29, 0.717) is 10.0 Å². The number of nitrogens with zero attached hydrogens (tertiary/aromatic N) is 1. The van der Waals surface area contributed by atoms with Gasteiger partial charge in [-0.2, -0.15) is 0 Å². The van der Waals surface area contributed by atoms with Gasteiger partial charge in [-0.3, -0.25) is 4.79 Å². The summed E-state index contributed by atoms with van der Waals surface area (Å²) < 4.78 is 0. The summed E-state index contributed by atoms with van der Waals surface area (Å²) in [5.41, 5.74) is 5.21. The summed E-state index contributed by atoms with van der Waals surface area (Å²) >= 11 is 7.20. The fourth-order valence-electron chi connectivity index (χ4n) is 1.51. The third-order valence-corrected chi connectivity index (χ3v) is 3.84. The Hall–Kier alpha value is -1.59. The average Bonchev–Trinajstić information content (AvgIpc) is 2.86. The van der Waals surface area contributed by atoms with Gasteiger partial charge in [0.2, 0.25) is 5.91 Å². The van der Waals surface area contributed by atoms with Crippen LogP contribution < -0.4 is 11.1 Å². The molecule has 2 rings (SSSR count). The second-order valence-corrected chi connectivity index (χ2v) is 5.29. The Labute approximate surface area is 114 Å². The Morgan fingerprint density at radius 2 is 2.11 bits per heavy atom. The molecule has 94 valence electrons. The molecule has 6 heteroatoms. The standard InChI is InChI=1S/C12H12ClN3OS/c1-12(10(14)17,11-15-6-7-18-11)16-9-4-2-8(13)3-5-9/h2-7,16H,1H3,(H2,14,17). The summed E-state index contributed by atoms with van der Waals surface area (Å²) in [4.78, 5) is 15.8. The number of thiazole rings is 1. The van der Waals surface area contributed by atoms with Gasteiger partial charge in [0.1, 0.15) is 5.01 Å². The molecule has 1 heterocycles. The predicted molar refractivity (Wildman–Crippen MR) is 73.7 cm³/mol. The minimum atomic E-state index is -1.03. The maximum Gasteiger partial charge on any atom is 0.249 e. The van der Waals surface area contributed by atoms with Crippen molar-refractivity contribution in [1.82, 2.24) is 4.98 Å². The van der Waals surface area contributed by atoms with Crippen molar-refractivity contribution >= 4 is 34.5 Å². The van der Waals surface area contributed by atoms with Crippen LogP contribution >= 0.6 is 22.9 Å². The lowest BCUT2D eigenvalue weighted by atomic mass is 10.0. The lowest BCUT2D eigenvalue weighted by molar-refractivity contribution is -0.122.